The van der Waals surface area contributed by atoms with Crippen LogP contribution in [0.4, 0.5) is 5.82 Å². The van der Waals surface area contributed by atoms with Crippen LogP contribution in [0.3, 0.4) is 0 Å². The number of H-pyrrole nitrogens is 2. The molecule has 4 rings (SSSR count). The molecule has 1 amide bonds. The van der Waals surface area contributed by atoms with E-state index >= 15 is 0 Å². The number of carbonyl (C=O) groups excluding carboxylic acids is 1. The summed E-state index contributed by atoms with van der Waals surface area (Å²) in [6, 6.07) is 11.6. The van der Waals surface area contributed by atoms with Crippen molar-refractivity contribution < 1.29 is 19.2 Å². The van der Waals surface area contributed by atoms with Gasteiger partial charge in [0.25, 0.3) is 11.5 Å². The summed E-state index contributed by atoms with van der Waals surface area (Å²) in [5.74, 6) is -0.306. The number of aliphatic carboxylic acids is 1. The minimum absolute atomic E-state index is 0.0320. The number of rotatable bonds is 8. The third-order valence-corrected chi connectivity index (χ3v) is 5.90. The van der Waals surface area contributed by atoms with E-state index in [0.29, 0.717) is 50.9 Å². The van der Waals surface area contributed by atoms with E-state index in [-0.39, 0.29) is 17.9 Å². The van der Waals surface area contributed by atoms with Crippen LogP contribution in [0.15, 0.2) is 51.8 Å². The van der Waals surface area contributed by atoms with Crippen LogP contribution in [0.2, 0.25) is 0 Å². The van der Waals surface area contributed by atoms with Gasteiger partial charge in [0, 0.05) is 24.1 Å². The van der Waals surface area contributed by atoms with Crippen LogP contribution in [-0.4, -0.2) is 38.7 Å². The number of anilines is 1. The molecule has 3 heterocycles. The quantitative estimate of drug-likeness (QED) is 0.260. The highest BCUT2D eigenvalue weighted by Gasteiger charge is 2.20. The van der Waals surface area contributed by atoms with Gasteiger partial charge in [-0.15, -0.1) is 0 Å². The molecule has 4 aromatic rings. The molecular weight excluding hydrogens is 452 g/mol. The summed E-state index contributed by atoms with van der Waals surface area (Å²) in [4.78, 5) is 45.3. The lowest BCUT2D eigenvalue weighted by Gasteiger charge is -2.22. The fourth-order valence-electron chi connectivity index (χ4n) is 3.20. The fourth-order valence-corrected chi connectivity index (χ4v) is 4.25. The number of nitrogens with zero attached hydrogens (tertiary/aromatic N) is 2. The fraction of sp³-hybridized carbons (Fsp3) is 0.190. The van der Waals surface area contributed by atoms with E-state index in [4.69, 9.17) is 21.8 Å². The van der Waals surface area contributed by atoms with Crippen molar-refractivity contribution in [1.82, 2.24) is 15.1 Å². The zero-order chi connectivity index (χ0) is 22.7. The summed E-state index contributed by atoms with van der Waals surface area (Å²) in [7, 11) is 0. The average Bonchev–Trinajstić information content (AvgIpc) is 3.37. The van der Waals surface area contributed by atoms with Gasteiger partial charge in [0.05, 0.1) is 11.6 Å². The van der Waals surface area contributed by atoms with Crippen LogP contribution in [0.25, 0.3) is 21.7 Å². The first-order valence-electron chi connectivity index (χ1n) is 9.73. The molecule has 0 aliphatic heterocycles. The highest BCUT2D eigenvalue weighted by Crippen LogP contribution is 2.24. The number of hydrogen-bond acceptors (Lipinski definition) is 7. The molecule has 3 aromatic heterocycles. The van der Waals surface area contributed by atoms with Crippen LogP contribution in [0, 0.1) is 3.95 Å². The normalized spacial score (nSPS) is 11.0. The van der Waals surface area contributed by atoms with E-state index in [2.05, 4.69) is 15.1 Å². The highest BCUT2D eigenvalue weighted by molar-refractivity contribution is 7.73. The number of carboxylic acids is 1. The zero-order valence-electron chi connectivity index (χ0n) is 16.7. The second-order valence-electron chi connectivity index (χ2n) is 7.00. The SMILES string of the molecule is O=C(O)CCCCN(C(=O)c1ccc(-c2cc(=O)[nH]o2)cc1)c1ccc2[nH]c(=S)sc2n1. The van der Waals surface area contributed by atoms with E-state index in [1.807, 2.05) is 6.07 Å². The number of thiazole rings is 1. The molecule has 0 unspecified atom stereocenters. The van der Waals surface area contributed by atoms with Gasteiger partial charge >= 0.3 is 5.97 Å². The van der Waals surface area contributed by atoms with Gasteiger partial charge in [-0.1, -0.05) is 23.5 Å². The van der Waals surface area contributed by atoms with Gasteiger partial charge in [-0.25, -0.2) is 4.98 Å². The van der Waals surface area contributed by atoms with Crippen LogP contribution >= 0.6 is 23.6 Å². The molecule has 11 heteroatoms. The number of hydrogen-bond donors (Lipinski definition) is 3. The van der Waals surface area contributed by atoms with E-state index < -0.39 is 5.97 Å². The van der Waals surface area contributed by atoms with E-state index in [1.54, 1.807) is 30.3 Å². The third-order valence-electron chi connectivity index (χ3n) is 4.76. The van der Waals surface area contributed by atoms with E-state index in [1.165, 1.54) is 22.3 Å². The molecule has 32 heavy (non-hydrogen) atoms. The minimum atomic E-state index is -0.874. The number of pyridine rings is 1. The Morgan fingerprint density at radius 3 is 2.62 bits per heavy atom. The van der Waals surface area contributed by atoms with Gasteiger partial charge < -0.3 is 14.6 Å². The Bertz CT molecular complexity index is 1380. The number of unbranched alkanes of at least 4 members (excludes halogenated alkanes) is 1. The molecule has 0 aliphatic rings. The number of benzene rings is 1. The molecule has 0 saturated heterocycles. The number of aromatic nitrogens is 3. The van der Waals surface area contributed by atoms with Gasteiger partial charge in [0.1, 0.15) is 10.6 Å². The summed E-state index contributed by atoms with van der Waals surface area (Å²) in [6.45, 7) is 0.314. The first-order valence-corrected chi connectivity index (χ1v) is 11.0. The standard InChI is InChI=1S/C21H18N4O5S2/c26-17-11-15(30-24-17)12-4-6-13(7-5-12)20(29)25(10-2-1-3-18(27)28)16-9-8-14-19(23-16)32-21(31)22-14/h4-9,11H,1-3,10H2,(H,22,31)(H,24,26)(H,27,28). The van der Waals surface area contributed by atoms with Crippen molar-refractivity contribution >= 4 is 51.6 Å². The minimum Gasteiger partial charge on any atom is -0.481 e. The monoisotopic (exact) mass is 470 g/mol. The van der Waals surface area contributed by atoms with Crippen LogP contribution in [0.1, 0.15) is 29.6 Å². The van der Waals surface area contributed by atoms with Crippen molar-refractivity contribution in [2.45, 2.75) is 19.3 Å². The van der Waals surface area contributed by atoms with Crippen LogP contribution in [0.5, 0.6) is 0 Å². The summed E-state index contributed by atoms with van der Waals surface area (Å²) >= 11 is 6.49. The Labute approximate surface area is 190 Å². The molecule has 164 valence electrons. The number of amides is 1. The molecule has 3 N–H and O–H groups in total. The largest absolute Gasteiger partial charge is 0.481 e. The maximum absolute atomic E-state index is 13.3. The molecule has 0 bridgehead atoms. The number of aromatic amines is 2. The van der Waals surface area contributed by atoms with Crippen molar-refractivity contribution in [1.29, 1.82) is 0 Å². The number of fused-ring (bicyclic) bond motifs is 1. The molecular formula is C21H18N4O5S2. The Balaban J connectivity index is 1.61. The Morgan fingerprint density at radius 1 is 1.16 bits per heavy atom. The first kappa shape index (κ1) is 21.7. The van der Waals surface area contributed by atoms with Gasteiger partial charge in [-0.3, -0.25) is 19.3 Å². The molecule has 0 aliphatic carbocycles. The van der Waals surface area contributed by atoms with Gasteiger partial charge in [0.15, 0.2) is 9.71 Å². The summed E-state index contributed by atoms with van der Waals surface area (Å²) in [5, 5.41) is 11.1. The summed E-state index contributed by atoms with van der Waals surface area (Å²) in [5.41, 5.74) is 1.52. The lowest BCUT2D eigenvalue weighted by Crippen LogP contribution is -2.32. The molecule has 9 nitrogen and oxygen atoms in total. The lowest BCUT2D eigenvalue weighted by molar-refractivity contribution is -0.137. The maximum Gasteiger partial charge on any atom is 0.303 e. The molecule has 0 fully saturated rings. The number of carboxylic acid groups (broad SMARTS) is 1. The highest BCUT2D eigenvalue weighted by atomic mass is 32.1. The molecule has 0 spiro atoms. The first-order chi connectivity index (χ1) is 15.4. The van der Waals surface area contributed by atoms with Gasteiger partial charge in [-0.2, -0.15) is 5.16 Å². The second-order valence-corrected chi connectivity index (χ2v) is 8.66. The molecule has 1 aromatic carbocycles. The van der Waals surface area contributed by atoms with Crippen molar-refractivity contribution in [2.75, 3.05) is 11.4 Å². The van der Waals surface area contributed by atoms with Crippen LogP contribution in [-0.2, 0) is 4.79 Å². The maximum atomic E-state index is 13.3. The molecule has 0 saturated carbocycles. The Hall–Kier alpha value is -3.57. The van der Waals surface area contributed by atoms with Crippen molar-refractivity contribution in [3.63, 3.8) is 0 Å². The van der Waals surface area contributed by atoms with E-state index in [0.717, 1.165) is 5.52 Å². The Morgan fingerprint density at radius 2 is 1.94 bits per heavy atom. The molecule has 0 atom stereocenters. The topological polar surface area (TPSA) is 132 Å². The van der Waals surface area contributed by atoms with Gasteiger partial charge in [0.2, 0.25) is 0 Å². The van der Waals surface area contributed by atoms with E-state index in [9.17, 15) is 14.4 Å². The molecule has 0 radical (unpaired) electrons. The lowest BCUT2D eigenvalue weighted by atomic mass is 10.1. The van der Waals surface area contributed by atoms with Gasteiger partial charge in [-0.05, 0) is 49.3 Å². The summed E-state index contributed by atoms with van der Waals surface area (Å²) in [6.07, 6.45) is 0.980. The zero-order valence-corrected chi connectivity index (χ0v) is 18.3. The number of nitrogens with one attached hydrogen (secondary N) is 2. The number of carbonyl (C=O) groups is 2. The van der Waals surface area contributed by atoms with Crippen LogP contribution < -0.4 is 10.5 Å². The predicted molar refractivity (Wildman–Crippen MR) is 123 cm³/mol. The smallest absolute Gasteiger partial charge is 0.303 e. The average molecular weight is 471 g/mol. The Kier molecular flexibility index (Phi) is 6.28. The third kappa shape index (κ3) is 4.84. The van der Waals surface area contributed by atoms with Crippen molar-refractivity contribution in [2.24, 2.45) is 0 Å². The summed E-state index contributed by atoms with van der Waals surface area (Å²) < 4.78 is 5.69. The second kappa shape index (κ2) is 9.28. The van der Waals surface area contributed by atoms with Crippen molar-refractivity contribution in [3.05, 3.63) is 62.3 Å². The predicted octanol–water partition coefficient (Wildman–Crippen LogP) is 4.20. The van der Waals surface area contributed by atoms with Crippen molar-refractivity contribution in [3.8, 4) is 11.3 Å².